The van der Waals surface area contributed by atoms with E-state index in [1.165, 1.54) is 0 Å². The molecule has 5 heteroatoms. The second kappa shape index (κ2) is 6.50. The Morgan fingerprint density at radius 3 is 2.81 bits per heavy atom. The van der Waals surface area contributed by atoms with Gasteiger partial charge in [-0.05, 0) is 48.0 Å². The van der Waals surface area contributed by atoms with E-state index in [-0.39, 0.29) is 12.1 Å². The fourth-order valence-electron chi connectivity index (χ4n) is 1.27. The molecule has 0 bridgehead atoms. The van der Waals surface area contributed by atoms with Gasteiger partial charge in [-0.15, -0.1) is 0 Å². The second-order valence-electron chi connectivity index (χ2n) is 3.56. The highest BCUT2D eigenvalue weighted by atomic mass is 79.9. The number of rotatable bonds is 4. The minimum absolute atomic E-state index is 0.0764. The first kappa shape index (κ1) is 13.0. The zero-order chi connectivity index (χ0) is 12.0. The maximum Gasteiger partial charge on any atom is 0.319 e. The van der Waals surface area contributed by atoms with Crippen LogP contribution in [0.3, 0.4) is 0 Å². The molecule has 2 amide bonds. The van der Waals surface area contributed by atoms with E-state index in [0.717, 1.165) is 16.6 Å². The number of para-hydroxylation sites is 1. The summed E-state index contributed by atoms with van der Waals surface area (Å²) in [6.45, 7) is 2.49. The van der Waals surface area contributed by atoms with E-state index >= 15 is 0 Å². The predicted molar refractivity (Wildman–Crippen MR) is 69.4 cm³/mol. The summed E-state index contributed by atoms with van der Waals surface area (Å²) in [6, 6.07) is 7.32. The standard InChI is InChI=1S/C11H16BrN3O/c1-8(6-7-13)14-11(16)15-10-5-3-2-4-9(10)12/h2-5,8H,6-7,13H2,1H3,(H2,14,15,16). The number of benzene rings is 1. The van der Waals surface area contributed by atoms with E-state index in [1.807, 2.05) is 31.2 Å². The van der Waals surface area contributed by atoms with E-state index in [0.29, 0.717) is 6.54 Å². The lowest BCUT2D eigenvalue weighted by Gasteiger charge is -2.14. The summed E-state index contributed by atoms with van der Waals surface area (Å²) in [5, 5.41) is 5.57. The van der Waals surface area contributed by atoms with E-state index in [9.17, 15) is 4.79 Å². The normalized spacial score (nSPS) is 11.9. The summed E-state index contributed by atoms with van der Waals surface area (Å²) in [4.78, 5) is 11.6. The molecular formula is C11H16BrN3O. The highest BCUT2D eigenvalue weighted by Crippen LogP contribution is 2.20. The van der Waals surface area contributed by atoms with Crippen LogP contribution in [0.5, 0.6) is 0 Å². The van der Waals surface area contributed by atoms with Crippen LogP contribution in [0.4, 0.5) is 10.5 Å². The fraction of sp³-hybridized carbons (Fsp3) is 0.364. The Labute approximate surface area is 104 Å². The van der Waals surface area contributed by atoms with Crippen LogP contribution in [0.15, 0.2) is 28.7 Å². The molecule has 16 heavy (non-hydrogen) atoms. The van der Waals surface area contributed by atoms with Gasteiger partial charge in [0.05, 0.1) is 5.69 Å². The topological polar surface area (TPSA) is 67.1 Å². The van der Waals surface area contributed by atoms with Crippen LogP contribution < -0.4 is 16.4 Å². The van der Waals surface area contributed by atoms with Gasteiger partial charge in [-0.1, -0.05) is 12.1 Å². The molecule has 0 spiro atoms. The van der Waals surface area contributed by atoms with Crippen molar-refractivity contribution >= 4 is 27.6 Å². The van der Waals surface area contributed by atoms with Crippen LogP contribution >= 0.6 is 15.9 Å². The van der Waals surface area contributed by atoms with Gasteiger partial charge >= 0.3 is 6.03 Å². The molecule has 0 aliphatic rings. The smallest absolute Gasteiger partial charge is 0.319 e. The van der Waals surface area contributed by atoms with Crippen molar-refractivity contribution in [3.8, 4) is 0 Å². The molecule has 0 saturated heterocycles. The molecule has 0 fully saturated rings. The molecule has 0 aliphatic carbocycles. The first-order chi connectivity index (χ1) is 7.63. The molecule has 4 nitrogen and oxygen atoms in total. The van der Waals surface area contributed by atoms with Crippen LogP contribution in [0, 0.1) is 0 Å². The van der Waals surface area contributed by atoms with Crippen LogP contribution in [-0.2, 0) is 0 Å². The molecule has 1 unspecified atom stereocenters. The first-order valence-corrected chi connectivity index (χ1v) is 5.95. The zero-order valence-corrected chi connectivity index (χ0v) is 10.8. The number of halogens is 1. The Hall–Kier alpha value is -1.07. The van der Waals surface area contributed by atoms with Crippen LogP contribution in [0.2, 0.25) is 0 Å². The SMILES string of the molecule is CC(CCN)NC(=O)Nc1ccccc1Br. The number of urea groups is 1. The fourth-order valence-corrected chi connectivity index (χ4v) is 1.65. The zero-order valence-electron chi connectivity index (χ0n) is 9.16. The van der Waals surface area contributed by atoms with Gasteiger partial charge in [-0.25, -0.2) is 4.79 Å². The van der Waals surface area contributed by atoms with Gasteiger partial charge in [-0.2, -0.15) is 0 Å². The van der Waals surface area contributed by atoms with E-state index in [2.05, 4.69) is 26.6 Å². The van der Waals surface area contributed by atoms with E-state index in [4.69, 9.17) is 5.73 Å². The molecule has 88 valence electrons. The minimum Gasteiger partial charge on any atom is -0.335 e. The Kier molecular flexibility index (Phi) is 5.28. The number of carbonyl (C=O) groups excluding carboxylic acids is 1. The number of anilines is 1. The minimum atomic E-state index is -0.215. The Morgan fingerprint density at radius 1 is 1.50 bits per heavy atom. The van der Waals surface area contributed by atoms with Crippen molar-refractivity contribution in [1.82, 2.24) is 5.32 Å². The quantitative estimate of drug-likeness (QED) is 0.795. The molecule has 0 radical (unpaired) electrons. The maximum absolute atomic E-state index is 11.6. The first-order valence-electron chi connectivity index (χ1n) is 5.15. The van der Waals surface area contributed by atoms with Crippen molar-refractivity contribution in [2.24, 2.45) is 5.73 Å². The van der Waals surface area contributed by atoms with Crippen molar-refractivity contribution < 1.29 is 4.79 Å². The molecule has 0 saturated carbocycles. The monoisotopic (exact) mass is 285 g/mol. The molecule has 1 atom stereocenters. The van der Waals surface area contributed by atoms with Gasteiger partial charge in [0.15, 0.2) is 0 Å². The van der Waals surface area contributed by atoms with Crippen molar-refractivity contribution in [1.29, 1.82) is 0 Å². The molecular weight excluding hydrogens is 270 g/mol. The lowest BCUT2D eigenvalue weighted by molar-refractivity contribution is 0.249. The van der Waals surface area contributed by atoms with Gasteiger partial charge in [0, 0.05) is 10.5 Å². The molecule has 1 aromatic rings. The Bertz CT molecular complexity index is 357. The molecule has 1 aromatic carbocycles. The van der Waals surface area contributed by atoms with E-state index in [1.54, 1.807) is 0 Å². The van der Waals surface area contributed by atoms with Crippen molar-refractivity contribution in [2.45, 2.75) is 19.4 Å². The average Bonchev–Trinajstić information content (AvgIpc) is 2.21. The van der Waals surface area contributed by atoms with Crippen LogP contribution in [-0.4, -0.2) is 18.6 Å². The largest absolute Gasteiger partial charge is 0.335 e. The summed E-state index contributed by atoms with van der Waals surface area (Å²) in [5.74, 6) is 0. The van der Waals surface area contributed by atoms with Crippen LogP contribution in [0.1, 0.15) is 13.3 Å². The number of hydrogen-bond donors (Lipinski definition) is 3. The summed E-state index contributed by atoms with van der Waals surface area (Å²) < 4.78 is 0.858. The second-order valence-corrected chi connectivity index (χ2v) is 4.41. The van der Waals surface area contributed by atoms with Crippen molar-refractivity contribution in [3.05, 3.63) is 28.7 Å². The lowest BCUT2D eigenvalue weighted by atomic mass is 10.2. The molecule has 0 aliphatic heterocycles. The number of nitrogens with two attached hydrogens (primary N) is 1. The number of hydrogen-bond acceptors (Lipinski definition) is 2. The van der Waals surface area contributed by atoms with Gasteiger partial charge in [0.25, 0.3) is 0 Å². The third-order valence-corrected chi connectivity index (χ3v) is 2.79. The van der Waals surface area contributed by atoms with Gasteiger partial charge in [-0.3, -0.25) is 0 Å². The number of nitrogens with one attached hydrogen (secondary N) is 2. The highest BCUT2D eigenvalue weighted by Gasteiger charge is 2.07. The van der Waals surface area contributed by atoms with Gasteiger partial charge in [0.2, 0.25) is 0 Å². The number of amides is 2. The Balaban J connectivity index is 2.49. The molecule has 4 N–H and O–H groups in total. The summed E-state index contributed by atoms with van der Waals surface area (Å²) in [5.41, 5.74) is 6.15. The van der Waals surface area contributed by atoms with Crippen LogP contribution in [0.25, 0.3) is 0 Å². The maximum atomic E-state index is 11.6. The Morgan fingerprint density at radius 2 is 2.19 bits per heavy atom. The summed E-state index contributed by atoms with van der Waals surface area (Å²) in [6.07, 6.45) is 0.767. The van der Waals surface area contributed by atoms with E-state index < -0.39 is 0 Å². The third-order valence-electron chi connectivity index (χ3n) is 2.10. The third kappa shape index (κ3) is 4.20. The molecule has 1 rings (SSSR count). The predicted octanol–water partition coefficient (Wildman–Crippen LogP) is 2.31. The average molecular weight is 286 g/mol. The van der Waals surface area contributed by atoms with Gasteiger partial charge in [0.1, 0.15) is 0 Å². The lowest BCUT2D eigenvalue weighted by Crippen LogP contribution is -2.37. The highest BCUT2D eigenvalue weighted by molar-refractivity contribution is 9.10. The van der Waals surface area contributed by atoms with Crippen molar-refractivity contribution in [3.63, 3.8) is 0 Å². The van der Waals surface area contributed by atoms with Crippen molar-refractivity contribution in [2.75, 3.05) is 11.9 Å². The summed E-state index contributed by atoms with van der Waals surface area (Å²) >= 11 is 3.36. The molecule has 0 heterocycles. The number of carbonyl (C=O) groups is 1. The van der Waals surface area contributed by atoms with Gasteiger partial charge < -0.3 is 16.4 Å². The summed E-state index contributed by atoms with van der Waals surface area (Å²) in [7, 11) is 0. The molecule has 0 aromatic heterocycles.